The number of guanidine groups is 1. The predicted molar refractivity (Wildman–Crippen MR) is 125 cm³/mol. The third kappa shape index (κ3) is 5.97. The Kier molecular flexibility index (Phi) is 9.81. The number of nitrogens with one attached hydrogen (secondary N) is 1. The topological polar surface area (TPSA) is 49.3 Å². The maximum Gasteiger partial charge on any atom is 0.193 e. The summed E-state index contributed by atoms with van der Waals surface area (Å²) in [6.45, 7) is 11.9. The number of halogens is 1. The fourth-order valence-corrected chi connectivity index (χ4v) is 4.00. The smallest absolute Gasteiger partial charge is 0.193 e. The number of benzene rings is 1. The van der Waals surface area contributed by atoms with Crippen molar-refractivity contribution in [2.24, 2.45) is 4.99 Å². The van der Waals surface area contributed by atoms with E-state index in [1.807, 2.05) is 12.1 Å². The van der Waals surface area contributed by atoms with Crippen molar-refractivity contribution in [2.75, 3.05) is 59.6 Å². The monoisotopic (exact) mass is 502 g/mol. The van der Waals surface area contributed by atoms with Gasteiger partial charge in [0, 0.05) is 51.2 Å². The molecule has 2 atom stereocenters. The van der Waals surface area contributed by atoms with E-state index < -0.39 is 0 Å². The van der Waals surface area contributed by atoms with Gasteiger partial charge in [-0.05, 0) is 25.0 Å². The van der Waals surface area contributed by atoms with Crippen LogP contribution in [0.2, 0.25) is 0 Å². The molecule has 0 bridgehead atoms. The van der Waals surface area contributed by atoms with Crippen molar-refractivity contribution in [2.45, 2.75) is 32.2 Å². The fourth-order valence-electron chi connectivity index (χ4n) is 4.00. The quantitative estimate of drug-likeness (QED) is 0.369. The van der Waals surface area contributed by atoms with Gasteiger partial charge < -0.3 is 19.7 Å². The second kappa shape index (κ2) is 11.8. The Morgan fingerprint density at radius 2 is 2.04 bits per heavy atom. The summed E-state index contributed by atoms with van der Waals surface area (Å²) in [6, 6.07) is 8.85. The first-order chi connectivity index (χ1) is 13.2. The van der Waals surface area contributed by atoms with Crippen LogP contribution in [0.3, 0.4) is 0 Å². The Balaban J connectivity index is 0.00000280. The minimum Gasteiger partial charge on any atom is -0.496 e. The highest BCUT2D eigenvalue weighted by Gasteiger charge is 2.30. The number of rotatable bonds is 6. The summed E-state index contributed by atoms with van der Waals surface area (Å²) in [4.78, 5) is 9.95. The number of hydrogen-bond donors (Lipinski definition) is 1. The van der Waals surface area contributed by atoms with Crippen molar-refractivity contribution in [3.8, 4) is 5.75 Å². The molecule has 0 saturated carbocycles. The van der Waals surface area contributed by atoms with Crippen molar-refractivity contribution in [1.29, 1.82) is 0 Å². The second-order valence-electron chi connectivity index (χ2n) is 7.37. The molecular weight excluding hydrogens is 467 g/mol. The third-order valence-electron chi connectivity index (χ3n) is 5.54. The fraction of sp³-hybridized carbons (Fsp3) is 0.667. The second-order valence-corrected chi connectivity index (χ2v) is 7.37. The average Bonchev–Trinajstić information content (AvgIpc) is 3.21. The van der Waals surface area contributed by atoms with Crippen molar-refractivity contribution in [3.05, 3.63) is 29.8 Å². The van der Waals surface area contributed by atoms with Gasteiger partial charge >= 0.3 is 0 Å². The van der Waals surface area contributed by atoms with E-state index in [1.165, 1.54) is 12.0 Å². The molecule has 3 rings (SSSR count). The molecule has 158 valence electrons. The van der Waals surface area contributed by atoms with E-state index in [1.54, 1.807) is 7.11 Å². The molecule has 1 aromatic carbocycles. The number of likely N-dealkylation sites (tertiary alicyclic amines) is 1. The van der Waals surface area contributed by atoms with E-state index in [9.17, 15) is 0 Å². The predicted octanol–water partition coefficient (Wildman–Crippen LogP) is 2.79. The molecule has 2 aliphatic rings. The molecule has 2 aliphatic heterocycles. The van der Waals surface area contributed by atoms with Gasteiger partial charge in [-0.2, -0.15) is 0 Å². The molecule has 28 heavy (non-hydrogen) atoms. The van der Waals surface area contributed by atoms with Gasteiger partial charge in [-0.15, -0.1) is 24.0 Å². The summed E-state index contributed by atoms with van der Waals surface area (Å²) in [5.74, 6) is 2.29. The van der Waals surface area contributed by atoms with Gasteiger partial charge in [-0.3, -0.25) is 9.89 Å². The van der Waals surface area contributed by atoms with Gasteiger partial charge in [0.25, 0.3) is 0 Å². The number of morpholine rings is 1. The molecule has 2 unspecified atom stereocenters. The summed E-state index contributed by atoms with van der Waals surface area (Å²) in [6.07, 6.45) is 1.20. The first kappa shape index (κ1) is 23.2. The molecule has 6 nitrogen and oxygen atoms in total. The molecule has 0 radical (unpaired) electrons. The molecular formula is C21H35IN4O2. The molecule has 7 heteroatoms. The molecule has 0 aliphatic carbocycles. The van der Waals surface area contributed by atoms with Crippen LogP contribution >= 0.6 is 24.0 Å². The van der Waals surface area contributed by atoms with Gasteiger partial charge in [-0.1, -0.05) is 25.1 Å². The van der Waals surface area contributed by atoms with Crippen LogP contribution in [0.4, 0.5) is 0 Å². The largest absolute Gasteiger partial charge is 0.496 e. The molecule has 2 heterocycles. The number of ether oxygens (including phenoxy) is 2. The number of nitrogens with zero attached hydrogens (tertiary/aromatic N) is 3. The van der Waals surface area contributed by atoms with Crippen LogP contribution in [-0.4, -0.2) is 81.4 Å². The van der Waals surface area contributed by atoms with Crippen LogP contribution in [0.1, 0.15) is 31.7 Å². The molecule has 0 aromatic heterocycles. The van der Waals surface area contributed by atoms with E-state index in [2.05, 4.69) is 41.1 Å². The van der Waals surface area contributed by atoms with Crippen molar-refractivity contribution >= 4 is 29.9 Å². The molecule has 1 N–H and O–H groups in total. The maximum absolute atomic E-state index is 5.51. The van der Waals surface area contributed by atoms with Crippen molar-refractivity contribution in [1.82, 2.24) is 15.1 Å². The Morgan fingerprint density at radius 3 is 2.75 bits per heavy atom. The Labute approximate surface area is 186 Å². The van der Waals surface area contributed by atoms with Crippen LogP contribution in [0.5, 0.6) is 5.75 Å². The van der Waals surface area contributed by atoms with Crippen molar-refractivity contribution in [3.63, 3.8) is 0 Å². The zero-order chi connectivity index (χ0) is 19.1. The first-order valence-corrected chi connectivity index (χ1v) is 10.2. The van der Waals surface area contributed by atoms with E-state index in [-0.39, 0.29) is 24.0 Å². The van der Waals surface area contributed by atoms with Crippen LogP contribution in [-0.2, 0) is 4.74 Å². The van der Waals surface area contributed by atoms with Crippen LogP contribution in [0, 0.1) is 0 Å². The zero-order valence-corrected chi connectivity index (χ0v) is 19.7. The van der Waals surface area contributed by atoms with Crippen LogP contribution < -0.4 is 10.1 Å². The standard InChI is InChI=1S/C21H34N4O2.HI/c1-4-22-21(23-15-17(2)19-7-5-6-8-20(19)26-3)25-10-9-18(16-25)24-11-13-27-14-12-24;/h5-8,17-18H,4,9-16H2,1-3H3,(H,22,23);1H. The van der Waals surface area contributed by atoms with E-state index >= 15 is 0 Å². The minimum absolute atomic E-state index is 0. The van der Waals surface area contributed by atoms with Gasteiger partial charge in [-0.25, -0.2) is 0 Å². The minimum atomic E-state index is 0. The van der Waals surface area contributed by atoms with Gasteiger partial charge in [0.15, 0.2) is 5.96 Å². The van der Waals surface area contributed by atoms with Gasteiger partial charge in [0.2, 0.25) is 0 Å². The van der Waals surface area contributed by atoms with Gasteiger partial charge in [0.1, 0.15) is 5.75 Å². The number of aliphatic imine (C=N–C) groups is 1. The highest BCUT2D eigenvalue weighted by molar-refractivity contribution is 14.0. The Hall–Kier alpha value is -1.06. The highest BCUT2D eigenvalue weighted by atomic mass is 127. The third-order valence-corrected chi connectivity index (χ3v) is 5.54. The molecule has 2 saturated heterocycles. The molecule has 0 spiro atoms. The average molecular weight is 502 g/mol. The molecule has 2 fully saturated rings. The lowest BCUT2D eigenvalue weighted by atomic mass is 10.0. The molecule has 0 amide bonds. The van der Waals surface area contributed by atoms with E-state index in [0.717, 1.165) is 64.2 Å². The summed E-state index contributed by atoms with van der Waals surface area (Å²) in [5, 5.41) is 3.48. The summed E-state index contributed by atoms with van der Waals surface area (Å²) in [7, 11) is 1.73. The zero-order valence-electron chi connectivity index (χ0n) is 17.4. The lowest BCUT2D eigenvalue weighted by Gasteiger charge is -2.32. The highest BCUT2D eigenvalue weighted by Crippen LogP contribution is 2.26. The van der Waals surface area contributed by atoms with Crippen LogP contribution in [0.15, 0.2) is 29.3 Å². The number of para-hydroxylation sites is 1. The lowest BCUT2D eigenvalue weighted by molar-refractivity contribution is 0.0195. The van der Waals surface area contributed by atoms with Gasteiger partial charge in [0.05, 0.1) is 20.3 Å². The first-order valence-electron chi connectivity index (χ1n) is 10.2. The normalized spacial score (nSPS) is 21.9. The Bertz CT molecular complexity index is 622. The lowest BCUT2D eigenvalue weighted by Crippen LogP contribution is -2.46. The number of hydrogen-bond acceptors (Lipinski definition) is 4. The van der Waals surface area contributed by atoms with E-state index in [4.69, 9.17) is 14.5 Å². The number of methoxy groups -OCH3 is 1. The summed E-state index contributed by atoms with van der Waals surface area (Å²) >= 11 is 0. The summed E-state index contributed by atoms with van der Waals surface area (Å²) in [5.41, 5.74) is 1.22. The van der Waals surface area contributed by atoms with Crippen molar-refractivity contribution < 1.29 is 9.47 Å². The SMILES string of the molecule is CCNC(=NCC(C)c1ccccc1OC)N1CCC(N2CCOCC2)C1.I. The van der Waals surface area contributed by atoms with E-state index in [0.29, 0.717) is 12.0 Å². The van der Waals surface area contributed by atoms with Crippen LogP contribution in [0.25, 0.3) is 0 Å². The summed E-state index contributed by atoms with van der Waals surface area (Å²) < 4.78 is 11.0. The molecule has 1 aromatic rings. The Morgan fingerprint density at radius 1 is 1.29 bits per heavy atom. The maximum atomic E-state index is 5.51.